The van der Waals surface area contributed by atoms with Gasteiger partial charge in [0.15, 0.2) is 0 Å². The van der Waals surface area contributed by atoms with E-state index in [4.69, 9.17) is 16.3 Å². The van der Waals surface area contributed by atoms with Crippen LogP contribution in [0.4, 0.5) is 0 Å². The molecule has 2 aliphatic heterocycles. The molecule has 0 aliphatic carbocycles. The van der Waals surface area contributed by atoms with Crippen molar-refractivity contribution in [3.05, 3.63) is 34.9 Å². The molecule has 2 aliphatic rings. The summed E-state index contributed by atoms with van der Waals surface area (Å²) in [6, 6.07) is 6.68. The van der Waals surface area contributed by atoms with Crippen LogP contribution in [0.5, 0.6) is 0 Å². The number of benzene rings is 1. The van der Waals surface area contributed by atoms with Crippen LogP contribution in [0.25, 0.3) is 0 Å². The average molecular weight is 374 g/mol. The van der Waals surface area contributed by atoms with E-state index >= 15 is 0 Å². The summed E-state index contributed by atoms with van der Waals surface area (Å²) in [4.78, 5) is 28.4. The van der Waals surface area contributed by atoms with Crippen molar-refractivity contribution in [1.82, 2.24) is 15.1 Å². The Labute approximate surface area is 152 Å². The van der Waals surface area contributed by atoms with Crippen molar-refractivity contribution < 1.29 is 14.3 Å². The highest BCUT2D eigenvalue weighted by molar-refractivity contribution is 6.30. The van der Waals surface area contributed by atoms with Gasteiger partial charge in [-0.05, 0) is 18.2 Å². The molecule has 1 atom stereocenters. The number of nitrogens with one attached hydrogen (secondary N) is 1. The Kier molecular flexibility index (Phi) is 6.86. The summed E-state index contributed by atoms with van der Waals surface area (Å²) in [7, 11) is 0. The van der Waals surface area contributed by atoms with Gasteiger partial charge >= 0.3 is 0 Å². The molecule has 0 aromatic heterocycles. The molecular formula is C16H21Cl2N3O3. The van der Waals surface area contributed by atoms with Crippen LogP contribution in [0.2, 0.25) is 5.02 Å². The van der Waals surface area contributed by atoms with Crippen LogP contribution >= 0.6 is 24.0 Å². The second-order valence-corrected chi connectivity index (χ2v) is 6.15. The number of hydrogen-bond acceptors (Lipinski definition) is 4. The summed E-state index contributed by atoms with van der Waals surface area (Å²) in [5.74, 6) is 0.0123. The van der Waals surface area contributed by atoms with Gasteiger partial charge < -0.3 is 19.9 Å². The molecule has 132 valence electrons. The summed E-state index contributed by atoms with van der Waals surface area (Å²) in [6.07, 6.45) is 0. The second-order valence-electron chi connectivity index (χ2n) is 5.71. The number of hydrogen-bond donors (Lipinski definition) is 1. The monoisotopic (exact) mass is 373 g/mol. The number of carbonyl (C=O) groups excluding carboxylic acids is 2. The normalized spacial score (nSPS) is 21.1. The van der Waals surface area contributed by atoms with Crippen molar-refractivity contribution in [2.24, 2.45) is 0 Å². The Bertz CT molecular complexity index is 586. The van der Waals surface area contributed by atoms with E-state index < -0.39 is 0 Å². The van der Waals surface area contributed by atoms with E-state index in [0.717, 1.165) is 0 Å². The summed E-state index contributed by atoms with van der Waals surface area (Å²) in [5, 5.41) is 3.72. The maximum Gasteiger partial charge on any atom is 0.254 e. The molecule has 3 rings (SSSR count). The minimum atomic E-state index is -0.265. The molecule has 2 fully saturated rings. The fourth-order valence-corrected chi connectivity index (χ4v) is 3.07. The molecule has 1 unspecified atom stereocenters. The number of halogens is 2. The van der Waals surface area contributed by atoms with Gasteiger partial charge in [0.2, 0.25) is 5.91 Å². The second kappa shape index (κ2) is 8.67. The van der Waals surface area contributed by atoms with Gasteiger partial charge in [-0.1, -0.05) is 17.7 Å². The number of morpholine rings is 1. The molecule has 1 aromatic rings. The molecule has 6 nitrogen and oxygen atoms in total. The van der Waals surface area contributed by atoms with Gasteiger partial charge in [-0.25, -0.2) is 0 Å². The van der Waals surface area contributed by atoms with Gasteiger partial charge in [0.1, 0.15) is 6.04 Å². The molecule has 0 saturated carbocycles. The van der Waals surface area contributed by atoms with Crippen molar-refractivity contribution in [1.29, 1.82) is 0 Å². The summed E-state index contributed by atoms with van der Waals surface area (Å²) < 4.78 is 5.34. The Morgan fingerprint density at radius 1 is 1.17 bits per heavy atom. The van der Waals surface area contributed by atoms with Crippen LogP contribution in [-0.4, -0.2) is 73.6 Å². The fraction of sp³-hybridized carbons (Fsp3) is 0.500. The van der Waals surface area contributed by atoms with Gasteiger partial charge in [0.25, 0.3) is 5.91 Å². The van der Waals surface area contributed by atoms with E-state index in [-0.39, 0.29) is 30.3 Å². The fourth-order valence-electron chi connectivity index (χ4n) is 2.88. The number of rotatable bonds is 2. The average Bonchev–Trinajstić information content (AvgIpc) is 2.61. The van der Waals surface area contributed by atoms with Crippen LogP contribution < -0.4 is 5.32 Å². The third-order valence-electron chi connectivity index (χ3n) is 4.17. The predicted molar refractivity (Wildman–Crippen MR) is 93.8 cm³/mol. The highest BCUT2D eigenvalue weighted by Crippen LogP contribution is 2.14. The van der Waals surface area contributed by atoms with Crippen LogP contribution in [0.1, 0.15) is 10.4 Å². The number of amides is 2. The quantitative estimate of drug-likeness (QED) is 0.840. The molecule has 8 heteroatoms. The Hall–Kier alpha value is -1.34. The first-order chi connectivity index (χ1) is 11.1. The lowest BCUT2D eigenvalue weighted by molar-refractivity contribution is -0.137. The van der Waals surface area contributed by atoms with E-state index in [2.05, 4.69) is 5.32 Å². The lowest BCUT2D eigenvalue weighted by atomic mass is 10.1. The lowest BCUT2D eigenvalue weighted by Crippen LogP contribution is -2.57. The summed E-state index contributed by atoms with van der Waals surface area (Å²) in [5.41, 5.74) is 0.583. The third-order valence-corrected chi connectivity index (χ3v) is 4.40. The van der Waals surface area contributed by atoms with E-state index in [9.17, 15) is 9.59 Å². The molecule has 1 aromatic carbocycles. The lowest BCUT2D eigenvalue weighted by Gasteiger charge is -2.37. The largest absolute Gasteiger partial charge is 0.378 e. The van der Waals surface area contributed by atoms with Crippen molar-refractivity contribution in [2.75, 3.05) is 45.9 Å². The van der Waals surface area contributed by atoms with E-state index in [1.54, 1.807) is 34.1 Å². The highest BCUT2D eigenvalue weighted by Gasteiger charge is 2.30. The van der Waals surface area contributed by atoms with Crippen molar-refractivity contribution in [3.63, 3.8) is 0 Å². The zero-order valence-corrected chi connectivity index (χ0v) is 14.8. The predicted octanol–water partition coefficient (Wildman–Crippen LogP) is 1.03. The van der Waals surface area contributed by atoms with Gasteiger partial charge in [-0.15, -0.1) is 12.4 Å². The zero-order chi connectivity index (χ0) is 16.2. The molecule has 0 radical (unpaired) electrons. The number of ether oxygens (including phenoxy) is 1. The first-order valence-electron chi connectivity index (χ1n) is 7.80. The standard InChI is InChI=1S/C16H20ClN3O3.ClH/c17-13-3-1-2-12(10-13)15(21)19-5-7-20(8-6-19)16(22)14-11-23-9-4-18-14;/h1-3,10,14,18H,4-9,11H2;1H. The van der Waals surface area contributed by atoms with E-state index in [1.807, 2.05) is 0 Å². The van der Waals surface area contributed by atoms with Crippen molar-refractivity contribution >= 4 is 35.8 Å². The Morgan fingerprint density at radius 2 is 1.88 bits per heavy atom. The SMILES string of the molecule is Cl.O=C(c1cccc(Cl)c1)N1CCN(C(=O)C2COCCN2)CC1. The molecule has 2 amide bonds. The van der Waals surface area contributed by atoms with Gasteiger partial charge in [-0.2, -0.15) is 0 Å². The molecular weight excluding hydrogens is 353 g/mol. The van der Waals surface area contributed by atoms with Gasteiger partial charge in [0, 0.05) is 43.3 Å². The van der Waals surface area contributed by atoms with Crippen molar-refractivity contribution in [2.45, 2.75) is 6.04 Å². The number of carbonyl (C=O) groups is 2. The summed E-state index contributed by atoms with van der Waals surface area (Å²) in [6.45, 7) is 3.91. The minimum Gasteiger partial charge on any atom is -0.378 e. The molecule has 2 heterocycles. The third kappa shape index (κ3) is 4.39. The number of piperazine rings is 1. The molecule has 24 heavy (non-hydrogen) atoms. The maximum absolute atomic E-state index is 12.5. The van der Waals surface area contributed by atoms with Crippen molar-refractivity contribution in [3.8, 4) is 0 Å². The Morgan fingerprint density at radius 3 is 2.50 bits per heavy atom. The molecule has 0 spiro atoms. The molecule has 2 saturated heterocycles. The molecule has 1 N–H and O–H groups in total. The zero-order valence-electron chi connectivity index (χ0n) is 13.2. The van der Waals surface area contributed by atoms with E-state index in [0.29, 0.717) is 56.5 Å². The van der Waals surface area contributed by atoms with Crippen LogP contribution in [0, 0.1) is 0 Å². The highest BCUT2D eigenvalue weighted by atomic mass is 35.5. The first kappa shape index (κ1) is 19.0. The van der Waals surface area contributed by atoms with Gasteiger partial charge in [-0.3, -0.25) is 9.59 Å². The van der Waals surface area contributed by atoms with E-state index in [1.165, 1.54) is 0 Å². The van der Waals surface area contributed by atoms with Crippen LogP contribution in [-0.2, 0) is 9.53 Å². The summed E-state index contributed by atoms with van der Waals surface area (Å²) >= 11 is 5.94. The number of nitrogens with zero attached hydrogens (tertiary/aromatic N) is 2. The smallest absolute Gasteiger partial charge is 0.254 e. The van der Waals surface area contributed by atoms with Crippen LogP contribution in [0.15, 0.2) is 24.3 Å². The van der Waals surface area contributed by atoms with Gasteiger partial charge in [0.05, 0.1) is 13.2 Å². The maximum atomic E-state index is 12.5. The minimum absolute atomic E-state index is 0. The topological polar surface area (TPSA) is 61.9 Å². The Balaban J connectivity index is 0.00000208. The van der Waals surface area contributed by atoms with Crippen LogP contribution in [0.3, 0.4) is 0 Å². The first-order valence-corrected chi connectivity index (χ1v) is 8.18. The molecule has 0 bridgehead atoms.